The molecule has 166 valence electrons. The van der Waals surface area contributed by atoms with Gasteiger partial charge in [-0.25, -0.2) is 0 Å². The highest BCUT2D eigenvalue weighted by molar-refractivity contribution is 6.11. The van der Waals surface area contributed by atoms with E-state index in [0.29, 0.717) is 30.3 Å². The fourth-order valence-electron chi connectivity index (χ4n) is 4.74. The van der Waals surface area contributed by atoms with Gasteiger partial charge in [0.15, 0.2) is 17.3 Å². The van der Waals surface area contributed by atoms with E-state index in [-0.39, 0.29) is 30.4 Å². The lowest BCUT2D eigenvalue weighted by atomic mass is 9.93. The minimum absolute atomic E-state index is 0.00923. The normalized spacial score (nSPS) is 17.4. The highest BCUT2D eigenvalue weighted by atomic mass is 16.7. The number of carbonyl (C=O) groups is 2. The molecule has 2 aliphatic heterocycles. The zero-order chi connectivity index (χ0) is 22.2. The van der Waals surface area contributed by atoms with Crippen LogP contribution in [0.15, 0.2) is 42.5 Å². The maximum Gasteiger partial charge on any atom is 0.231 e. The van der Waals surface area contributed by atoms with Gasteiger partial charge in [0.25, 0.3) is 0 Å². The number of para-hydroxylation sites is 1. The van der Waals surface area contributed by atoms with Gasteiger partial charge in [-0.2, -0.15) is 0 Å². The number of likely N-dealkylation sites (tertiary alicyclic amines) is 1. The van der Waals surface area contributed by atoms with E-state index < -0.39 is 0 Å². The largest absolute Gasteiger partial charge is 0.454 e. The number of benzene rings is 2. The summed E-state index contributed by atoms with van der Waals surface area (Å²) >= 11 is 0. The van der Waals surface area contributed by atoms with Crippen molar-refractivity contribution in [2.45, 2.75) is 32.7 Å². The number of H-pyrrole nitrogens is 1. The first kappa shape index (κ1) is 20.6. The van der Waals surface area contributed by atoms with Gasteiger partial charge in [0, 0.05) is 39.8 Å². The first-order valence-electron chi connectivity index (χ1n) is 11.1. The molecule has 1 amide bonds. The Morgan fingerprint density at radius 2 is 1.84 bits per heavy atom. The van der Waals surface area contributed by atoms with E-state index in [1.165, 1.54) is 0 Å². The van der Waals surface area contributed by atoms with E-state index in [0.717, 1.165) is 35.0 Å². The number of ether oxygens (including phenoxy) is 2. The van der Waals surface area contributed by atoms with E-state index >= 15 is 0 Å². The van der Waals surface area contributed by atoms with E-state index in [4.69, 9.17) is 9.47 Å². The average Bonchev–Trinajstić information content (AvgIpc) is 3.41. The summed E-state index contributed by atoms with van der Waals surface area (Å²) in [7, 11) is 0. The fraction of sp³-hybridized carbons (Fsp3) is 0.360. The monoisotopic (exact) mass is 433 g/mol. The van der Waals surface area contributed by atoms with Crippen LogP contribution in [0.25, 0.3) is 10.9 Å². The molecule has 2 aliphatic rings. The van der Waals surface area contributed by atoms with E-state index in [2.05, 4.69) is 15.2 Å². The number of hydrogen-bond acceptors (Lipinski definition) is 5. The number of aromatic amines is 1. The molecular weight excluding hydrogens is 406 g/mol. The van der Waals surface area contributed by atoms with Crippen LogP contribution in [-0.4, -0.2) is 47.5 Å². The molecule has 3 heterocycles. The van der Waals surface area contributed by atoms with Crippen molar-refractivity contribution in [3.8, 4) is 11.5 Å². The Bertz CT molecular complexity index is 1180. The summed E-state index contributed by atoms with van der Waals surface area (Å²) in [5.74, 6) is 1.41. The topological polar surface area (TPSA) is 83.7 Å². The predicted molar refractivity (Wildman–Crippen MR) is 122 cm³/mol. The molecule has 1 atom stereocenters. The van der Waals surface area contributed by atoms with Crippen molar-refractivity contribution < 1.29 is 19.1 Å². The zero-order valence-corrected chi connectivity index (χ0v) is 18.3. The number of fused-ring (bicyclic) bond motifs is 2. The summed E-state index contributed by atoms with van der Waals surface area (Å²) < 4.78 is 10.7. The molecule has 2 N–H and O–H groups in total. The Morgan fingerprint density at radius 3 is 2.66 bits per heavy atom. The van der Waals surface area contributed by atoms with Gasteiger partial charge in [0.2, 0.25) is 12.7 Å². The quantitative estimate of drug-likeness (QED) is 0.591. The summed E-state index contributed by atoms with van der Waals surface area (Å²) in [5, 5.41) is 3.97. The maximum absolute atomic E-state index is 13.3. The molecule has 1 aromatic heterocycles. The second-order valence-electron chi connectivity index (χ2n) is 8.58. The van der Waals surface area contributed by atoms with Crippen LogP contribution in [0.3, 0.4) is 0 Å². The standard InChI is InChI=1S/C25H27N3O4/c1-15-23(19-5-3-4-6-20(19)26-15)24(29)16(2)28-11-9-17(10-12-28)25(30)27-18-7-8-21-22(13-18)32-14-31-21/h3-8,13,16-17,26H,9-12,14H2,1-2H3,(H,27,30). The van der Waals surface area contributed by atoms with Crippen LogP contribution >= 0.6 is 0 Å². The second-order valence-corrected chi connectivity index (χ2v) is 8.58. The molecule has 0 spiro atoms. The van der Waals surface area contributed by atoms with E-state index in [1.807, 2.05) is 44.2 Å². The maximum atomic E-state index is 13.3. The number of piperidine rings is 1. The second kappa shape index (κ2) is 8.31. The molecule has 2 aromatic carbocycles. The Morgan fingerprint density at radius 1 is 1.09 bits per heavy atom. The highest BCUT2D eigenvalue weighted by Gasteiger charge is 2.31. The molecule has 7 nitrogen and oxygen atoms in total. The van der Waals surface area contributed by atoms with Crippen LogP contribution in [0.2, 0.25) is 0 Å². The van der Waals surface area contributed by atoms with Gasteiger partial charge in [0.05, 0.1) is 6.04 Å². The Labute approximate surface area is 186 Å². The van der Waals surface area contributed by atoms with Crippen LogP contribution in [0.5, 0.6) is 11.5 Å². The third kappa shape index (κ3) is 3.73. The van der Waals surface area contributed by atoms with Gasteiger partial charge in [-0.1, -0.05) is 18.2 Å². The first-order valence-corrected chi connectivity index (χ1v) is 11.1. The van der Waals surface area contributed by atoms with Crippen LogP contribution in [0.1, 0.15) is 35.8 Å². The smallest absolute Gasteiger partial charge is 0.231 e. The van der Waals surface area contributed by atoms with Crippen molar-refractivity contribution >= 4 is 28.3 Å². The number of anilines is 1. The van der Waals surface area contributed by atoms with Gasteiger partial charge in [-0.15, -0.1) is 0 Å². The van der Waals surface area contributed by atoms with Gasteiger partial charge in [0.1, 0.15) is 0 Å². The number of rotatable bonds is 5. The first-order chi connectivity index (χ1) is 15.5. The SMILES string of the molecule is Cc1[nH]c2ccccc2c1C(=O)C(C)N1CCC(C(=O)Nc2ccc3c(c2)OCO3)CC1. The summed E-state index contributed by atoms with van der Waals surface area (Å²) in [4.78, 5) is 31.6. The Kier molecular flexibility index (Phi) is 5.35. The summed E-state index contributed by atoms with van der Waals surface area (Å²) in [6.07, 6.45) is 1.45. The Balaban J connectivity index is 1.21. The molecule has 1 saturated heterocycles. The molecule has 0 aliphatic carbocycles. The number of aromatic nitrogens is 1. The highest BCUT2D eigenvalue weighted by Crippen LogP contribution is 2.34. The number of amides is 1. The van der Waals surface area contributed by atoms with Crippen LogP contribution in [0.4, 0.5) is 5.69 Å². The zero-order valence-electron chi connectivity index (χ0n) is 18.3. The van der Waals surface area contributed by atoms with Crippen molar-refractivity contribution in [1.82, 2.24) is 9.88 Å². The molecule has 0 radical (unpaired) electrons. The Hall–Kier alpha value is -3.32. The number of nitrogens with zero attached hydrogens (tertiary/aromatic N) is 1. The van der Waals surface area contributed by atoms with Crippen LogP contribution in [0, 0.1) is 12.8 Å². The van der Waals surface area contributed by atoms with Gasteiger partial charge in [-0.3, -0.25) is 14.5 Å². The lowest BCUT2D eigenvalue weighted by Crippen LogP contribution is -2.45. The molecule has 0 saturated carbocycles. The van der Waals surface area contributed by atoms with Crippen LogP contribution < -0.4 is 14.8 Å². The molecule has 1 fully saturated rings. The van der Waals surface area contributed by atoms with Gasteiger partial charge >= 0.3 is 0 Å². The molecule has 7 heteroatoms. The predicted octanol–water partition coefficient (Wildman–Crippen LogP) is 4.13. The third-order valence-corrected chi connectivity index (χ3v) is 6.61. The number of carbonyl (C=O) groups excluding carboxylic acids is 2. The average molecular weight is 434 g/mol. The number of aryl methyl sites for hydroxylation is 1. The van der Waals surface area contributed by atoms with Crippen molar-refractivity contribution in [2.75, 3.05) is 25.2 Å². The summed E-state index contributed by atoms with van der Waals surface area (Å²) in [6, 6.07) is 13.1. The minimum Gasteiger partial charge on any atom is -0.454 e. The molecule has 3 aromatic rings. The van der Waals surface area contributed by atoms with Crippen molar-refractivity contribution in [3.63, 3.8) is 0 Å². The lowest BCUT2D eigenvalue weighted by Gasteiger charge is -2.34. The van der Waals surface area contributed by atoms with E-state index in [9.17, 15) is 9.59 Å². The van der Waals surface area contributed by atoms with Crippen molar-refractivity contribution in [3.05, 3.63) is 53.7 Å². The van der Waals surface area contributed by atoms with Crippen molar-refractivity contribution in [2.24, 2.45) is 5.92 Å². The van der Waals surface area contributed by atoms with E-state index in [1.54, 1.807) is 12.1 Å². The van der Waals surface area contributed by atoms with Gasteiger partial charge < -0.3 is 19.8 Å². The summed E-state index contributed by atoms with van der Waals surface area (Å²) in [5.41, 5.74) is 3.37. The third-order valence-electron chi connectivity index (χ3n) is 6.61. The number of hydrogen-bond donors (Lipinski definition) is 2. The van der Waals surface area contributed by atoms with Crippen molar-refractivity contribution in [1.29, 1.82) is 0 Å². The number of ketones is 1. The molecule has 0 bridgehead atoms. The molecular formula is C25H27N3O4. The molecule has 32 heavy (non-hydrogen) atoms. The summed E-state index contributed by atoms with van der Waals surface area (Å²) in [6.45, 7) is 5.56. The fourth-order valence-corrected chi connectivity index (χ4v) is 4.74. The number of Topliss-reactive ketones (excluding diaryl/α,β-unsaturated/α-hetero) is 1. The lowest BCUT2D eigenvalue weighted by molar-refractivity contribution is -0.121. The van der Waals surface area contributed by atoms with Gasteiger partial charge in [-0.05, 0) is 58.0 Å². The minimum atomic E-state index is -0.231. The van der Waals surface area contributed by atoms with Crippen LogP contribution in [-0.2, 0) is 4.79 Å². The number of nitrogens with one attached hydrogen (secondary N) is 2. The molecule has 1 unspecified atom stereocenters. The molecule has 5 rings (SSSR count).